The molecule has 1 fully saturated rings. The summed E-state index contributed by atoms with van der Waals surface area (Å²) >= 11 is 6.10. The maximum atomic E-state index is 12.2. The van der Waals surface area contributed by atoms with Crippen LogP contribution in [0.25, 0.3) is 0 Å². The molecule has 2 N–H and O–H groups in total. The van der Waals surface area contributed by atoms with Crippen LogP contribution in [0.15, 0.2) is 30.3 Å². The fourth-order valence-corrected chi connectivity index (χ4v) is 3.18. The Kier molecular flexibility index (Phi) is 5.71. The molecule has 7 heteroatoms. The molecule has 1 aliphatic rings. The minimum atomic E-state index is -0.168. The molecule has 0 bridgehead atoms. The van der Waals surface area contributed by atoms with Crippen LogP contribution in [0.2, 0.25) is 5.02 Å². The summed E-state index contributed by atoms with van der Waals surface area (Å²) in [6.07, 6.45) is 5.67. The molecule has 0 radical (unpaired) electrons. The largest absolute Gasteiger partial charge is 0.495 e. The van der Waals surface area contributed by atoms with Crippen molar-refractivity contribution in [3.63, 3.8) is 0 Å². The van der Waals surface area contributed by atoms with Gasteiger partial charge in [0.2, 0.25) is 0 Å². The molecular formula is C18H21ClN4O2. The summed E-state index contributed by atoms with van der Waals surface area (Å²) in [5.41, 5.74) is 1.09. The minimum absolute atomic E-state index is 0.168. The number of carbonyl (C=O) groups is 1. The van der Waals surface area contributed by atoms with Crippen LogP contribution in [-0.2, 0) is 0 Å². The zero-order valence-corrected chi connectivity index (χ0v) is 14.8. The lowest BCUT2D eigenvalue weighted by atomic mass is 9.95. The fourth-order valence-electron chi connectivity index (χ4n) is 2.92. The first-order valence-electron chi connectivity index (χ1n) is 8.41. The number of ether oxygens (including phenoxy) is 1. The van der Waals surface area contributed by atoms with Crippen molar-refractivity contribution in [1.29, 1.82) is 0 Å². The van der Waals surface area contributed by atoms with Crippen LogP contribution < -0.4 is 15.4 Å². The Balaban J connectivity index is 1.61. The summed E-state index contributed by atoms with van der Waals surface area (Å²) < 4.78 is 5.12. The Labute approximate surface area is 151 Å². The van der Waals surface area contributed by atoms with E-state index in [4.69, 9.17) is 16.3 Å². The monoisotopic (exact) mass is 360 g/mol. The van der Waals surface area contributed by atoms with Crippen molar-refractivity contribution in [2.75, 3.05) is 12.4 Å². The molecule has 0 aliphatic heterocycles. The van der Waals surface area contributed by atoms with Crippen molar-refractivity contribution in [2.45, 2.75) is 38.1 Å². The summed E-state index contributed by atoms with van der Waals surface area (Å²) in [4.78, 5) is 12.2. The van der Waals surface area contributed by atoms with Gasteiger partial charge in [0.1, 0.15) is 5.75 Å². The molecule has 1 saturated carbocycles. The Morgan fingerprint density at radius 1 is 1.16 bits per heavy atom. The summed E-state index contributed by atoms with van der Waals surface area (Å²) in [6, 6.07) is 8.98. The zero-order valence-electron chi connectivity index (χ0n) is 14.1. The second-order valence-corrected chi connectivity index (χ2v) is 6.49. The highest BCUT2D eigenvalue weighted by Gasteiger charge is 2.17. The molecule has 1 aliphatic carbocycles. The maximum Gasteiger partial charge on any atom is 0.272 e. The third-order valence-corrected chi connectivity index (χ3v) is 4.56. The van der Waals surface area contributed by atoms with Gasteiger partial charge >= 0.3 is 0 Å². The van der Waals surface area contributed by atoms with Gasteiger partial charge in [0, 0.05) is 11.7 Å². The molecule has 132 valence electrons. The average molecular weight is 361 g/mol. The lowest BCUT2D eigenvalue weighted by molar-refractivity contribution is 0.0921. The molecule has 0 atom stereocenters. The number of aromatic nitrogens is 2. The van der Waals surface area contributed by atoms with Gasteiger partial charge in [0.25, 0.3) is 5.91 Å². The summed E-state index contributed by atoms with van der Waals surface area (Å²) in [5, 5.41) is 14.7. The molecule has 0 saturated heterocycles. The van der Waals surface area contributed by atoms with Crippen LogP contribution in [0.3, 0.4) is 0 Å². The number of nitrogens with one attached hydrogen (secondary N) is 2. The van der Waals surface area contributed by atoms with E-state index in [1.807, 2.05) is 6.07 Å². The summed E-state index contributed by atoms with van der Waals surface area (Å²) in [6.45, 7) is 0. The number of carbonyl (C=O) groups excluding carboxylic acids is 1. The molecule has 1 amide bonds. The van der Waals surface area contributed by atoms with Crippen LogP contribution in [0.5, 0.6) is 5.75 Å². The summed E-state index contributed by atoms with van der Waals surface area (Å²) in [5.74, 6) is 0.974. The predicted molar refractivity (Wildman–Crippen MR) is 97.7 cm³/mol. The topological polar surface area (TPSA) is 76.1 Å². The number of amides is 1. The number of hydrogen-bond acceptors (Lipinski definition) is 5. The normalized spacial score (nSPS) is 14.8. The Hall–Kier alpha value is -2.34. The van der Waals surface area contributed by atoms with Crippen molar-refractivity contribution < 1.29 is 9.53 Å². The molecule has 25 heavy (non-hydrogen) atoms. The fraction of sp³-hybridized carbons (Fsp3) is 0.389. The highest BCUT2D eigenvalue weighted by molar-refractivity contribution is 6.32. The van der Waals surface area contributed by atoms with Gasteiger partial charge in [-0.15, -0.1) is 10.2 Å². The van der Waals surface area contributed by atoms with Crippen LogP contribution >= 0.6 is 11.6 Å². The number of nitrogens with zero attached hydrogens (tertiary/aromatic N) is 2. The second-order valence-electron chi connectivity index (χ2n) is 6.09. The van der Waals surface area contributed by atoms with Crippen molar-refractivity contribution in [3.05, 3.63) is 41.0 Å². The Morgan fingerprint density at radius 2 is 1.96 bits per heavy atom. The Morgan fingerprint density at radius 3 is 2.60 bits per heavy atom. The SMILES string of the molecule is COc1ccc(Nc2ccc(C(=O)NC3CCCCC3)nn2)cc1Cl. The number of benzene rings is 1. The summed E-state index contributed by atoms with van der Waals surface area (Å²) in [7, 11) is 1.57. The van der Waals surface area contributed by atoms with Crippen LogP contribution in [0.4, 0.5) is 11.5 Å². The molecular weight excluding hydrogens is 340 g/mol. The lowest BCUT2D eigenvalue weighted by Gasteiger charge is -2.22. The van der Waals surface area contributed by atoms with Crippen molar-refractivity contribution in [1.82, 2.24) is 15.5 Å². The van der Waals surface area contributed by atoms with Crippen LogP contribution in [-0.4, -0.2) is 29.3 Å². The van der Waals surface area contributed by atoms with Gasteiger partial charge < -0.3 is 15.4 Å². The van der Waals surface area contributed by atoms with Gasteiger partial charge in [-0.1, -0.05) is 30.9 Å². The van der Waals surface area contributed by atoms with E-state index in [2.05, 4.69) is 20.8 Å². The zero-order chi connectivity index (χ0) is 17.6. The standard InChI is InChI=1S/C18H21ClN4O2/c1-25-16-9-7-13(11-14(16)19)20-17-10-8-15(22-23-17)18(24)21-12-5-3-2-4-6-12/h7-12H,2-6H2,1H3,(H,20,23)(H,21,24). The van der Waals surface area contributed by atoms with E-state index in [1.54, 1.807) is 31.4 Å². The van der Waals surface area contributed by atoms with Crippen molar-refractivity contribution >= 4 is 29.0 Å². The third-order valence-electron chi connectivity index (χ3n) is 4.26. The maximum absolute atomic E-state index is 12.2. The van der Waals surface area contributed by atoms with E-state index in [9.17, 15) is 4.79 Å². The Bertz CT molecular complexity index is 730. The van der Waals surface area contributed by atoms with E-state index in [-0.39, 0.29) is 11.9 Å². The van der Waals surface area contributed by atoms with E-state index in [0.717, 1.165) is 18.5 Å². The molecule has 1 heterocycles. The van der Waals surface area contributed by atoms with Crippen LogP contribution in [0, 0.1) is 0 Å². The molecule has 2 aromatic rings. The van der Waals surface area contributed by atoms with E-state index >= 15 is 0 Å². The molecule has 0 unspecified atom stereocenters. The number of methoxy groups -OCH3 is 1. The molecule has 3 rings (SSSR count). The number of rotatable bonds is 5. The van der Waals surface area contributed by atoms with Gasteiger partial charge in [-0.25, -0.2) is 0 Å². The van der Waals surface area contributed by atoms with E-state index in [0.29, 0.717) is 22.3 Å². The van der Waals surface area contributed by atoms with Gasteiger partial charge in [0.15, 0.2) is 11.5 Å². The molecule has 6 nitrogen and oxygen atoms in total. The first kappa shape index (κ1) is 17.5. The van der Waals surface area contributed by atoms with Gasteiger partial charge in [-0.05, 0) is 43.2 Å². The molecule has 1 aromatic carbocycles. The quantitative estimate of drug-likeness (QED) is 0.844. The van der Waals surface area contributed by atoms with Crippen molar-refractivity contribution in [2.24, 2.45) is 0 Å². The second kappa shape index (κ2) is 8.16. The first-order chi connectivity index (χ1) is 12.2. The molecule has 0 spiro atoms. The number of halogens is 1. The number of hydrogen-bond donors (Lipinski definition) is 2. The third kappa shape index (κ3) is 4.60. The average Bonchev–Trinajstić information content (AvgIpc) is 2.63. The lowest BCUT2D eigenvalue weighted by Crippen LogP contribution is -2.36. The highest BCUT2D eigenvalue weighted by atomic mass is 35.5. The van der Waals surface area contributed by atoms with E-state index in [1.165, 1.54) is 19.3 Å². The van der Waals surface area contributed by atoms with Gasteiger partial charge in [-0.2, -0.15) is 0 Å². The van der Waals surface area contributed by atoms with Gasteiger partial charge in [-0.3, -0.25) is 4.79 Å². The van der Waals surface area contributed by atoms with Crippen LogP contribution in [0.1, 0.15) is 42.6 Å². The minimum Gasteiger partial charge on any atom is -0.495 e. The predicted octanol–water partition coefficient (Wildman–Crippen LogP) is 3.94. The van der Waals surface area contributed by atoms with E-state index < -0.39 is 0 Å². The van der Waals surface area contributed by atoms with Crippen molar-refractivity contribution in [3.8, 4) is 5.75 Å². The highest BCUT2D eigenvalue weighted by Crippen LogP contribution is 2.28. The number of anilines is 2. The smallest absolute Gasteiger partial charge is 0.272 e. The molecule has 1 aromatic heterocycles. The first-order valence-corrected chi connectivity index (χ1v) is 8.78. The van der Waals surface area contributed by atoms with Gasteiger partial charge in [0.05, 0.1) is 12.1 Å².